The molecule has 1 fully saturated rings. The summed E-state index contributed by atoms with van der Waals surface area (Å²) in [4.78, 5) is 26.2. The molecule has 0 atom stereocenters. The van der Waals surface area contributed by atoms with Crippen molar-refractivity contribution in [3.63, 3.8) is 0 Å². The SMILES string of the molecule is CCCN1C(=O)S/C(=C\c2cc(C(C)C)c(OCC)cc2C)C1=O. The standard InChI is InChI=1S/C19H25NO3S/c1-6-8-20-18(21)17(24-19(20)22)11-14-10-15(12(3)4)16(23-7-2)9-13(14)5/h9-12H,6-8H2,1-5H3/b17-11-. The van der Waals surface area contributed by atoms with Crippen molar-refractivity contribution in [3.8, 4) is 5.75 Å². The van der Waals surface area contributed by atoms with Crippen LogP contribution < -0.4 is 4.74 Å². The molecule has 0 bridgehead atoms. The Kier molecular flexibility index (Phi) is 6.10. The maximum absolute atomic E-state index is 12.4. The van der Waals surface area contributed by atoms with E-state index in [-0.39, 0.29) is 11.1 Å². The number of ether oxygens (including phenoxy) is 1. The van der Waals surface area contributed by atoms with E-state index in [0.717, 1.165) is 40.6 Å². The molecule has 1 aliphatic rings. The Morgan fingerprint density at radius 2 is 1.96 bits per heavy atom. The van der Waals surface area contributed by atoms with E-state index >= 15 is 0 Å². The molecule has 2 rings (SSSR count). The van der Waals surface area contributed by atoms with Gasteiger partial charge in [-0.15, -0.1) is 0 Å². The first kappa shape index (κ1) is 18.6. The Hall–Kier alpha value is -1.75. The average molecular weight is 347 g/mol. The second-order valence-corrected chi connectivity index (χ2v) is 7.16. The van der Waals surface area contributed by atoms with E-state index in [1.54, 1.807) is 0 Å². The number of nitrogens with zero attached hydrogens (tertiary/aromatic N) is 1. The third kappa shape index (κ3) is 3.83. The summed E-state index contributed by atoms with van der Waals surface area (Å²) in [5, 5.41) is -0.180. The highest BCUT2D eigenvalue weighted by Gasteiger charge is 2.34. The van der Waals surface area contributed by atoms with Crippen LogP contribution in [0.15, 0.2) is 17.0 Å². The van der Waals surface area contributed by atoms with Crippen LogP contribution in [0.1, 0.15) is 56.7 Å². The minimum Gasteiger partial charge on any atom is -0.494 e. The topological polar surface area (TPSA) is 46.6 Å². The normalized spacial score (nSPS) is 16.6. The van der Waals surface area contributed by atoms with Crippen LogP contribution in [0.2, 0.25) is 0 Å². The van der Waals surface area contributed by atoms with Gasteiger partial charge in [0.2, 0.25) is 0 Å². The van der Waals surface area contributed by atoms with Crippen LogP contribution >= 0.6 is 11.8 Å². The van der Waals surface area contributed by atoms with Crippen molar-refractivity contribution in [1.82, 2.24) is 4.90 Å². The molecule has 0 radical (unpaired) electrons. The smallest absolute Gasteiger partial charge is 0.293 e. The summed E-state index contributed by atoms with van der Waals surface area (Å²) in [7, 11) is 0. The second kappa shape index (κ2) is 7.88. The highest BCUT2D eigenvalue weighted by atomic mass is 32.2. The summed E-state index contributed by atoms with van der Waals surface area (Å²) in [5.74, 6) is 1.02. The number of carbonyl (C=O) groups is 2. The molecule has 1 aromatic rings. The highest BCUT2D eigenvalue weighted by molar-refractivity contribution is 8.18. The van der Waals surface area contributed by atoms with Gasteiger partial charge in [0.25, 0.3) is 11.1 Å². The maximum atomic E-state index is 12.4. The third-order valence-corrected chi connectivity index (χ3v) is 4.84. The van der Waals surface area contributed by atoms with Gasteiger partial charge in [-0.25, -0.2) is 0 Å². The summed E-state index contributed by atoms with van der Waals surface area (Å²) in [6.45, 7) is 11.2. The van der Waals surface area contributed by atoms with Crippen molar-refractivity contribution in [3.05, 3.63) is 33.7 Å². The molecular weight excluding hydrogens is 322 g/mol. The number of aryl methyl sites for hydroxylation is 1. The lowest BCUT2D eigenvalue weighted by Crippen LogP contribution is -2.28. The van der Waals surface area contributed by atoms with E-state index in [2.05, 4.69) is 19.9 Å². The summed E-state index contributed by atoms with van der Waals surface area (Å²) in [5.41, 5.74) is 3.11. The molecular formula is C19H25NO3S. The van der Waals surface area contributed by atoms with Gasteiger partial charge < -0.3 is 4.74 Å². The van der Waals surface area contributed by atoms with Gasteiger partial charge in [-0.2, -0.15) is 0 Å². The number of rotatable bonds is 6. The Morgan fingerprint density at radius 1 is 1.25 bits per heavy atom. The van der Waals surface area contributed by atoms with Crippen molar-refractivity contribution in [2.45, 2.75) is 47.0 Å². The molecule has 130 valence electrons. The van der Waals surface area contributed by atoms with Crippen molar-refractivity contribution in [2.75, 3.05) is 13.2 Å². The quantitative estimate of drug-likeness (QED) is 0.682. The number of hydrogen-bond acceptors (Lipinski definition) is 4. The number of amides is 2. The van der Waals surface area contributed by atoms with Crippen LogP contribution in [-0.4, -0.2) is 29.2 Å². The van der Waals surface area contributed by atoms with E-state index in [0.29, 0.717) is 24.0 Å². The molecule has 0 spiro atoms. The van der Waals surface area contributed by atoms with Gasteiger partial charge in [0.15, 0.2) is 0 Å². The predicted molar refractivity (Wildman–Crippen MR) is 99.4 cm³/mol. The van der Waals surface area contributed by atoms with Gasteiger partial charge in [0.1, 0.15) is 5.75 Å². The minimum atomic E-state index is -0.189. The fourth-order valence-corrected chi connectivity index (χ4v) is 3.52. The monoisotopic (exact) mass is 347 g/mol. The lowest BCUT2D eigenvalue weighted by atomic mass is 9.96. The largest absolute Gasteiger partial charge is 0.494 e. The Balaban J connectivity index is 2.41. The summed E-state index contributed by atoms with van der Waals surface area (Å²) < 4.78 is 5.74. The molecule has 0 unspecified atom stereocenters. The first-order chi connectivity index (χ1) is 11.4. The summed E-state index contributed by atoms with van der Waals surface area (Å²) >= 11 is 1.02. The molecule has 0 aromatic heterocycles. The molecule has 1 saturated heterocycles. The molecule has 1 aliphatic heterocycles. The Labute approximate surface area is 148 Å². The molecule has 1 heterocycles. The fraction of sp³-hybridized carbons (Fsp3) is 0.474. The van der Waals surface area contributed by atoms with Gasteiger partial charge >= 0.3 is 0 Å². The van der Waals surface area contributed by atoms with Crippen molar-refractivity contribution in [2.24, 2.45) is 0 Å². The molecule has 0 saturated carbocycles. The lowest BCUT2D eigenvalue weighted by molar-refractivity contribution is -0.122. The van der Waals surface area contributed by atoms with Crippen molar-refractivity contribution >= 4 is 29.0 Å². The first-order valence-corrected chi connectivity index (χ1v) is 9.23. The van der Waals surface area contributed by atoms with Gasteiger partial charge in [-0.05, 0) is 72.8 Å². The van der Waals surface area contributed by atoms with Crippen LogP contribution in [0, 0.1) is 6.92 Å². The molecule has 0 aliphatic carbocycles. The number of imide groups is 1. The number of hydrogen-bond donors (Lipinski definition) is 0. The Bertz CT molecular complexity index is 679. The van der Waals surface area contributed by atoms with Crippen LogP contribution in [-0.2, 0) is 4.79 Å². The first-order valence-electron chi connectivity index (χ1n) is 8.41. The zero-order valence-corrected chi connectivity index (χ0v) is 15.8. The van der Waals surface area contributed by atoms with Gasteiger partial charge in [0, 0.05) is 6.54 Å². The van der Waals surface area contributed by atoms with Crippen LogP contribution in [0.5, 0.6) is 5.75 Å². The number of thioether (sulfide) groups is 1. The number of carbonyl (C=O) groups excluding carboxylic acids is 2. The number of benzene rings is 1. The zero-order valence-electron chi connectivity index (χ0n) is 15.0. The molecule has 24 heavy (non-hydrogen) atoms. The van der Waals surface area contributed by atoms with Crippen LogP contribution in [0.4, 0.5) is 4.79 Å². The van der Waals surface area contributed by atoms with Crippen LogP contribution in [0.3, 0.4) is 0 Å². The van der Waals surface area contributed by atoms with Gasteiger partial charge in [-0.1, -0.05) is 20.8 Å². The van der Waals surface area contributed by atoms with E-state index in [1.807, 2.05) is 32.9 Å². The summed E-state index contributed by atoms with van der Waals surface area (Å²) in [6, 6.07) is 4.08. The van der Waals surface area contributed by atoms with E-state index in [9.17, 15) is 9.59 Å². The zero-order chi connectivity index (χ0) is 17.9. The predicted octanol–water partition coefficient (Wildman–Crippen LogP) is 4.96. The average Bonchev–Trinajstić information content (AvgIpc) is 2.78. The molecule has 4 nitrogen and oxygen atoms in total. The van der Waals surface area contributed by atoms with Crippen molar-refractivity contribution < 1.29 is 14.3 Å². The summed E-state index contributed by atoms with van der Waals surface area (Å²) in [6.07, 6.45) is 2.60. The maximum Gasteiger partial charge on any atom is 0.293 e. The molecule has 0 N–H and O–H groups in total. The second-order valence-electron chi connectivity index (χ2n) is 6.17. The van der Waals surface area contributed by atoms with E-state index in [4.69, 9.17) is 4.74 Å². The van der Waals surface area contributed by atoms with Crippen molar-refractivity contribution in [1.29, 1.82) is 0 Å². The van der Waals surface area contributed by atoms with Gasteiger partial charge in [0.05, 0.1) is 11.5 Å². The van der Waals surface area contributed by atoms with E-state index in [1.165, 1.54) is 4.90 Å². The highest BCUT2D eigenvalue weighted by Crippen LogP contribution is 2.35. The molecule has 1 aromatic carbocycles. The van der Waals surface area contributed by atoms with Crippen LogP contribution in [0.25, 0.3) is 6.08 Å². The molecule has 2 amide bonds. The lowest BCUT2D eigenvalue weighted by Gasteiger charge is -2.16. The fourth-order valence-electron chi connectivity index (χ4n) is 2.66. The Morgan fingerprint density at radius 3 is 2.54 bits per heavy atom. The van der Waals surface area contributed by atoms with Gasteiger partial charge in [-0.3, -0.25) is 14.5 Å². The van der Waals surface area contributed by atoms with E-state index < -0.39 is 0 Å². The third-order valence-electron chi connectivity index (χ3n) is 3.93. The minimum absolute atomic E-state index is 0.180. The molecule has 5 heteroatoms.